The van der Waals surface area contributed by atoms with Crippen molar-refractivity contribution < 1.29 is 0 Å². The largest absolute Gasteiger partial charge is 0.340 e. The van der Waals surface area contributed by atoms with Gasteiger partial charge in [0.2, 0.25) is 5.13 Å². The number of fused-ring (bicyclic) bond motifs is 2. The summed E-state index contributed by atoms with van der Waals surface area (Å²) in [5, 5.41) is 11.2. The van der Waals surface area contributed by atoms with E-state index in [1.807, 2.05) is 11.3 Å². The van der Waals surface area contributed by atoms with Crippen molar-refractivity contribution in [3.63, 3.8) is 0 Å². The molecule has 1 aromatic rings. The van der Waals surface area contributed by atoms with Gasteiger partial charge in [0.1, 0.15) is 5.01 Å². The third-order valence-corrected chi connectivity index (χ3v) is 5.35. The van der Waals surface area contributed by atoms with Crippen LogP contribution >= 0.6 is 11.3 Å². The first-order valence-electron chi connectivity index (χ1n) is 6.59. The van der Waals surface area contributed by atoms with Gasteiger partial charge in [-0.2, -0.15) is 0 Å². The molecule has 17 heavy (non-hydrogen) atoms. The molecule has 3 aliphatic rings. The van der Waals surface area contributed by atoms with Crippen molar-refractivity contribution >= 4 is 16.5 Å². The van der Waals surface area contributed by atoms with E-state index in [1.165, 1.54) is 41.4 Å². The van der Waals surface area contributed by atoms with Crippen molar-refractivity contribution in [2.24, 2.45) is 0 Å². The summed E-state index contributed by atoms with van der Waals surface area (Å²) in [5.74, 6) is 0.735. The Balaban J connectivity index is 1.63. The van der Waals surface area contributed by atoms with E-state index in [1.54, 1.807) is 0 Å². The lowest BCUT2D eigenvalue weighted by Crippen LogP contribution is -2.40. The molecule has 0 N–H and O–H groups in total. The number of nitrogens with zero attached hydrogens (tertiary/aromatic N) is 3. The third-order valence-electron chi connectivity index (χ3n) is 4.25. The normalized spacial score (nSPS) is 32.2. The number of piperidine rings is 1. The Hall–Kier alpha value is -0.900. The average molecular weight is 247 g/mol. The number of hydrogen-bond acceptors (Lipinski definition) is 4. The zero-order valence-corrected chi connectivity index (χ0v) is 10.7. The van der Waals surface area contributed by atoms with Crippen LogP contribution in [0.25, 0.3) is 0 Å². The second-order valence-electron chi connectivity index (χ2n) is 5.65. The zero-order valence-electron chi connectivity index (χ0n) is 9.93. The molecule has 3 heterocycles. The lowest BCUT2D eigenvalue weighted by atomic mass is 9.99. The lowest BCUT2D eigenvalue weighted by molar-refractivity contribution is 0.548. The van der Waals surface area contributed by atoms with Crippen molar-refractivity contribution in [3.05, 3.63) is 17.2 Å². The van der Waals surface area contributed by atoms with Crippen molar-refractivity contribution in [1.82, 2.24) is 10.2 Å². The molecule has 2 saturated heterocycles. The fourth-order valence-electron chi connectivity index (χ4n) is 3.25. The van der Waals surface area contributed by atoms with Crippen LogP contribution in [0, 0.1) is 0 Å². The second kappa shape index (κ2) is 3.55. The molecular formula is C13H17N3S. The summed E-state index contributed by atoms with van der Waals surface area (Å²) < 4.78 is 0. The van der Waals surface area contributed by atoms with Gasteiger partial charge in [0, 0.05) is 18.0 Å². The summed E-state index contributed by atoms with van der Waals surface area (Å²) in [4.78, 5) is 2.54. The zero-order chi connectivity index (χ0) is 11.4. The van der Waals surface area contributed by atoms with E-state index in [9.17, 15) is 0 Å². The van der Waals surface area contributed by atoms with Crippen LogP contribution in [0.3, 0.4) is 0 Å². The average Bonchev–Trinajstić information content (AvgIpc) is 2.98. The molecule has 0 spiro atoms. The minimum atomic E-state index is 0.654. The second-order valence-corrected chi connectivity index (χ2v) is 6.64. The van der Waals surface area contributed by atoms with Crippen LogP contribution in [0.15, 0.2) is 12.2 Å². The van der Waals surface area contributed by atoms with Gasteiger partial charge in [0.05, 0.1) is 0 Å². The van der Waals surface area contributed by atoms with Gasteiger partial charge in [-0.25, -0.2) is 0 Å². The van der Waals surface area contributed by atoms with E-state index in [2.05, 4.69) is 21.7 Å². The Labute approximate surface area is 106 Å². The lowest BCUT2D eigenvalue weighted by Gasteiger charge is -2.35. The Morgan fingerprint density at radius 2 is 1.76 bits per heavy atom. The van der Waals surface area contributed by atoms with Gasteiger partial charge in [-0.1, -0.05) is 23.5 Å². The first-order valence-corrected chi connectivity index (χ1v) is 7.41. The summed E-state index contributed by atoms with van der Waals surface area (Å²) in [7, 11) is 0. The van der Waals surface area contributed by atoms with E-state index in [4.69, 9.17) is 0 Å². The van der Waals surface area contributed by atoms with Gasteiger partial charge in [-0.3, -0.25) is 0 Å². The number of aromatic nitrogens is 2. The SMILES string of the molecule is C=C1CC2CCC(C1)N2c1nnc(C2CC2)s1. The first-order chi connectivity index (χ1) is 8.31. The summed E-state index contributed by atoms with van der Waals surface area (Å²) in [6.45, 7) is 4.17. The molecule has 2 unspecified atom stereocenters. The number of anilines is 1. The minimum absolute atomic E-state index is 0.654. The molecule has 0 aromatic carbocycles. The fraction of sp³-hybridized carbons (Fsp3) is 0.692. The standard InChI is InChI=1S/C13H17N3S/c1-8-6-10-4-5-11(7-8)16(10)13-15-14-12(17-13)9-2-3-9/h9-11H,1-7H2. The molecule has 3 nitrogen and oxygen atoms in total. The highest BCUT2D eigenvalue weighted by Gasteiger charge is 2.40. The molecular weight excluding hydrogens is 230 g/mol. The Morgan fingerprint density at radius 3 is 2.41 bits per heavy atom. The molecule has 0 amide bonds. The van der Waals surface area contributed by atoms with Crippen LogP contribution < -0.4 is 4.90 Å². The highest BCUT2D eigenvalue weighted by Crippen LogP contribution is 2.46. The van der Waals surface area contributed by atoms with Crippen molar-refractivity contribution in [2.75, 3.05) is 4.90 Å². The van der Waals surface area contributed by atoms with Gasteiger partial charge < -0.3 is 4.90 Å². The number of rotatable bonds is 2. The minimum Gasteiger partial charge on any atom is -0.340 e. The molecule has 3 fully saturated rings. The van der Waals surface area contributed by atoms with Gasteiger partial charge in [-0.05, 0) is 38.5 Å². The predicted molar refractivity (Wildman–Crippen MR) is 69.5 cm³/mol. The van der Waals surface area contributed by atoms with Crippen molar-refractivity contribution in [2.45, 2.75) is 56.5 Å². The monoisotopic (exact) mass is 247 g/mol. The molecule has 1 aromatic heterocycles. The fourth-order valence-corrected chi connectivity index (χ4v) is 4.41. The third kappa shape index (κ3) is 1.61. The molecule has 2 atom stereocenters. The Morgan fingerprint density at radius 1 is 1.06 bits per heavy atom. The van der Waals surface area contributed by atoms with Crippen LogP contribution in [0.5, 0.6) is 0 Å². The Bertz CT molecular complexity index is 447. The first kappa shape index (κ1) is 10.1. The van der Waals surface area contributed by atoms with Crippen LogP contribution in [-0.4, -0.2) is 22.3 Å². The molecule has 4 rings (SSSR count). The van der Waals surface area contributed by atoms with Gasteiger partial charge >= 0.3 is 0 Å². The van der Waals surface area contributed by atoms with Crippen molar-refractivity contribution in [3.8, 4) is 0 Å². The van der Waals surface area contributed by atoms with E-state index < -0.39 is 0 Å². The predicted octanol–water partition coefficient (Wildman–Crippen LogP) is 3.10. The summed E-state index contributed by atoms with van der Waals surface area (Å²) in [6, 6.07) is 1.31. The topological polar surface area (TPSA) is 29.0 Å². The molecule has 0 radical (unpaired) electrons. The molecule has 4 heteroatoms. The van der Waals surface area contributed by atoms with E-state index in [-0.39, 0.29) is 0 Å². The molecule has 1 saturated carbocycles. The highest BCUT2D eigenvalue weighted by molar-refractivity contribution is 7.15. The summed E-state index contributed by atoms with van der Waals surface area (Å²) >= 11 is 1.83. The molecule has 1 aliphatic carbocycles. The van der Waals surface area contributed by atoms with Crippen LogP contribution in [0.2, 0.25) is 0 Å². The smallest absolute Gasteiger partial charge is 0.208 e. The molecule has 2 aliphatic heterocycles. The maximum Gasteiger partial charge on any atom is 0.208 e. The summed E-state index contributed by atoms with van der Waals surface area (Å²) in [6.07, 6.45) is 7.57. The van der Waals surface area contributed by atoms with Crippen molar-refractivity contribution in [1.29, 1.82) is 0 Å². The quantitative estimate of drug-likeness (QED) is 0.752. The maximum atomic E-state index is 4.43. The van der Waals surface area contributed by atoms with E-state index in [0.29, 0.717) is 12.1 Å². The molecule has 90 valence electrons. The maximum absolute atomic E-state index is 4.43. The Kier molecular flexibility index (Phi) is 2.10. The molecule has 2 bridgehead atoms. The van der Waals surface area contributed by atoms with Crippen LogP contribution in [-0.2, 0) is 0 Å². The van der Waals surface area contributed by atoms with E-state index >= 15 is 0 Å². The highest BCUT2D eigenvalue weighted by atomic mass is 32.1. The number of hydrogen-bond donors (Lipinski definition) is 0. The van der Waals surface area contributed by atoms with Gasteiger partial charge in [0.25, 0.3) is 0 Å². The van der Waals surface area contributed by atoms with Crippen LogP contribution in [0.1, 0.15) is 49.5 Å². The van der Waals surface area contributed by atoms with Gasteiger partial charge in [0.15, 0.2) is 0 Å². The van der Waals surface area contributed by atoms with Gasteiger partial charge in [-0.15, -0.1) is 10.2 Å². The van der Waals surface area contributed by atoms with E-state index in [0.717, 1.165) is 18.8 Å². The van der Waals surface area contributed by atoms with Crippen LogP contribution in [0.4, 0.5) is 5.13 Å². The summed E-state index contributed by atoms with van der Waals surface area (Å²) in [5.41, 5.74) is 1.43.